The van der Waals surface area contributed by atoms with E-state index in [1.165, 1.54) is 7.11 Å². The number of hydrogen-bond acceptors (Lipinski definition) is 5. The first-order chi connectivity index (χ1) is 8.10. The van der Waals surface area contributed by atoms with Crippen LogP contribution in [0.4, 0.5) is 0 Å². The third kappa shape index (κ3) is 6.61. The van der Waals surface area contributed by atoms with Crippen LogP contribution in [0, 0.1) is 0 Å². The number of unbranched alkanes of at least 4 members (excludes halogenated alkanes) is 1. The number of carbonyl (C=O) groups excluding carboxylic acids is 1. The van der Waals surface area contributed by atoms with E-state index in [2.05, 4.69) is 5.32 Å². The number of hydrogen-bond donors (Lipinski definition) is 1. The fraction of sp³-hybridized carbons (Fsp3) is 0.917. The Kier molecular flexibility index (Phi) is 9.03. The van der Waals surface area contributed by atoms with E-state index in [4.69, 9.17) is 14.2 Å². The molecule has 0 aliphatic carbocycles. The number of esters is 1. The summed E-state index contributed by atoms with van der Waals surface area (Å²) >= 11 is 0. The van der Waals surface area contributed by atoms with Gasteiger partial charge in [0.15, 0.2) is 0 Å². The summed E-state index contributed by atoms with van der Waals surface area (Å²) in [7, 11) is 4.83. The van der Waals surface area contributed by atoms with Crippen molar-refractivity contribution in [3.63, 3.8) is 0 Å². The molecule has 0 bridgehead atoms. The quantitative estimate of drug-likeness (QED) is 0.460. The number of carbonyl (C=O) groups is 1. The van der Waals surface area contributed by atoms with E-state index in [0.717, 1.165) is 19.3 Å². The second kappa shape index (κ2) is 9.39. The summed E-state index contributed by atoms with van der Waals surface area (Å²) in [6, 6.07) is 0. The fourth-order valence-electron chi connectivity index (χ4n) is 1.48. The van der Waals surface area contributed by atoms with Gasteiger partial charge >= 0.3 is 5.97 Å². The van der Waals surface area contributed by atoms with E-state index in [0.29, 0.717) is 19.8 Å². The molecule has 0 aromatic heterocycles. The molecule has 0 radical (unpaired) electrons. The van der Waals surface area contributed by atoms with Crippen molar-refractivity contribution in [2.75, 3.05) is 41.1 Å². The normalized spacial score (nSPS) is 14.4. The SMILES string of the molecule is CNC(C)(CCCCOCCOC)C(=O)OC. The maximum absolute atomic E-state index is 11.5. The van der Waals surface area contributed by atoms with Crippen LogP contribution in [-0.2, 0) is 19.0 Å². The molecule has 0 saturated carbocycles. The molecular formula is C12H25NO4. The standard InChI is InChI=1S/C12H25NO4/c1-12(13-2,11(14)16-4)7-5-6-8-17-10-9-15-3/h13H,5-10H2,1-4H3. The highest BCUT2D eigenvalue weighted by Gasteiger charge is 2.31. The van der Waals surface area contributed by atoms with Crippen molar-refractivity contribution in [3.05, 3.63) is 0 Å². The Morgan fingerprint density at radius 1 is 1.18 bits per heavy atom. The molecule has 0 aromatic rings. The van der Waals surface area contributed by atoms with Gasteiger partial charge in [-0.15, -0.1) is 0 Å². The van der Waals surface area contributed by atoms with Crippen LogP contribution in [0.25, 0.3) is 0 Å². The first kappa shape index (κ1) is 16.4. The van der Waals surface area contributed by atoms with Gasteiger partial charge in [-0.05, 0) is 33.2 Å². The third-order valence-electron chi connectivity index (χ3n) is 2.83. The summed E-state index contributed by atoms with van der Waals surface area (Å²) in [5, 5.41) is 3.00. The summed E-state index contributed by atoms with van der Waals surface area (Å²) in [6.07, 6.45) is 2.58. The fourth-order valence-corrected chi connectivity index (χ4v) is 1.48. The first-order valence-corrected chi connectivity index (χ1v) is 5.94. The Morgan fingerprint density at radius 2 is 1.88 bits per heavy atom. The van der Waals surface area contributed by atoms with Crippen molar-refractivity contribution in [1.29, 1.82) is 0 Å². The van der Waals surface area contributed by atoms with Gasteiger partial charge in [-0.3, -0.25) is 4.79 Å². The van der Waals surface area contributed by atoms with Crippen molar-refractivity contribution in [3.8, 4) is 0 Å². The van der Waals surface area contributed by atoms with Crippen LogP contribution in [0.3, 0.4) is 0 Å². The number of methoxy groups -OCH3 is 2. The molecule has 102 valence electrons. The number of ether oxygens (including phenoxy) is 3. The Hall–Kier alpha value is -0.650. The Bertz CT molecular complexity index is 211. The lowest BCUT2D eigenvalue weighted by atomic mass is 9.95. The smallest absolute Gasteiger partial charge is 0.325 e. The molecular weight excluding hydrogens is 222 g/mol. The number of rotatable bonds is 10. The molecule has 1 unspecified atom stereocenters. The zero-order chi connectivity index (χ0) is 13.1. The van der Waals surface area contributed by atoms with Gasteiger partial charge in [0.25, 0.3) is 0 Å². The predicted octanol–water partition coefficient (Wildman–Crippen LogP) is 0.971. The second-order valence-corrected chi connectivity index (χ2v) is 4.14. The highest BCUT2D eigenvalue weighted by Crippen LogP contribution is 2.15. The number of nitrogens with one attached hydrogen (secondary N) is 1. The van der Waals surface area contributed by atoms with Crippen LogP contribution in [0.1, 0.15) is 26.2 Å². The summed E-state index contributed by atoms with van der Waals surface area (Å²) < 4.78 is 15.0. The lowest BCUT2D eigenvalue weighted by Crippen LogP contribution is -2.48. The van der Waals surface area contributed by atoms with Crippen molar-refractivity contribution < 1.29 is 19.0 Å². The zero-order valence-electron chi connectivity index (χ0n) is 11.4. The lowest BCUT2D eigenvalue weighted by Gasteiger charge is -2.25. The minimum atomic E-state index is -0.596. The van der Waals surface area contributed by atoms with Crippen LogP contribution >= 0.6 is 0 Å². The van der Waals surface area contributed by atoms with E-state index in [1.807, 2.05) is 6.92 Å². The van der Waals surface area contributed by atoms with Crippen molar-refractivity contribution in [2.45, 2.75) is 31.7 Å². The summed E-state index contributed by atoms with van der Waals surface area (Å²) in [5.74, 6) is -0.222. The van der Waals surface area contributed by atoms with E-state index in [-0.39, 0.29) is 5.97 Å². The van der Waals surface area contributed by atoms with E-state index < -0.39 is 5.54 Å². The van der Waals surface area contributed by atoms with Crippen molar-refractivity contribution >= 4 is 5.97 Å². The minimum absolute atomic E-state index is 0.222. The van der Waals surface area contributed by atoms with Gasteiger partial charge in [0.2, 0.25) is 0 Å². The molecule has 0 aliphatic heterocycles. The topological polar surface area (TPSA) is 56.8 Å². The molecule has 0 rings (SSSR count). The Labute approximate surface area is 104 Å². The third-order valence-corrected chi connectivity index (χ3v) is 2.83. The molecule has 1 atom stereocenters. The molecule has 0 amide bonds. The molecule has 0 spiro atoms. The summed E-state index contributed by atoms with van der Waals surface area (Å²) in [5.41, 5.74) is -0.596. The average Bonchev–Trinajstić information content (AvgIpc) is 2.36. The highest BCUT2D eigenvalue weighted by molar-refractivity contribution is 5.80. The van der Waals surface area contributed by atoms with Gasteiger partial charge in [0.05, 0.1) is 20.3 Å². The maximum Gasteiger partial charge on any atom is 0.325 e. The molecule has 5 heteroatoms. The average molecular weight is 247 g/mol. The molecule has 1 N–H and O–H groups in total. The Balaban J connectivity index is 3.67. The molecule has 17 heavy (non-hydrogen) atoms. The molecule has 0 aromatic carbocycles. The second-order valence-electron chi connectivity index (χ2n) is 4.14. The van der Waals surface area contributed by atoms with E-state index in [1.54, 1.807) is 14.2 Å². The molecule has 0 saturated heterocycles. The minimum Gasteiger partial charge on any atom is -0.468 e. The first-order valence-electron chi connectivity index (χ1n) is 5.94. The van der Waals surface area contributed by atoms with Gasteiger partial charge in [0, 0.05) is 13.7 Å². The Morgan fingerprint density at radius 3 is 2.41 bits per heavy atom. The lowest BCUT2D eigenvalue weighted by molar-refractivity contribution is -0.148. The van der Waals surface area contributed by atoms with Crippen LogP contribution in [0.5, 0.6) is 0 Å². The van der Waals surface area contributed by atoms with E-state index >= 15 is 0 Å². The van der Waals surface area contributed by atoms with E-state index in [9.17, 15) is 4.79 Å². The monoisotopic (exact) mass is 247 g/mol. The highest BCUT2D eigenvalue weighted by atomic mass is 16.5. The van der Waals surface area contributed by atoms with Gasteiger partial charge in [-0.1, -0.05) is 0 Å². The van der Waals surface area contributed by atoms with Gasteiger partial charge in [0.1, 0.15) is 5.54 Å². The zero-order valence-corrected chi connectivity index (χ0v) is 11.4. The molecule has 0 heterocycles. The maximum atomic E-state index is 11.5. The summed E-state index contributed by atoms with van der Waals surface area (Å²) in [4.78, 5) is 11.5. The number of likely N-dealkylation sites (N-methyl/N-ethyl adjacent to an activating group) is 1. The largest absolute Gasteiger partial charge is 0.468 e. The molecule has 5 nitrogen and oxygen atoms in total. The van der Waals surface area contributed by atoms with Gasteiger partial charge < -0.3 is 19.5 Å². The van der Waals surface area contributed by atoms with Crippen molar-refractivity contribution in [2.24, 2.45) is 0 Å². The van der Waals surface area contributed by atoms with Crippen LogP contribution in [0.2, 0.25) is 0 Å². The van der Waals surface area contributed by atoms with Crippen LogP contribution < -0.4 is 5.32 Å². The van der Waals surface area contributed by atoms with Crippen LogP contribution in [0.15, 0.2) is 0 Å². The summed E-state index contributed by atoms with van der Waals surface area (Å²) in [6.45, 7) is 3.79. The van der Waals surface area contributed by atoms with Crippen molar-refractivity contribution in [1.82, 2.24) is 5.32 Å². The van der Waals surface area contributed by atoms with Crippen LogP contribution in [-0.4, -0.2) is 52.6 Å². The van der Waals surface area contributed by atoms with Gasteiger partial charge in [-0.25, -0.2) is 0 Å². The van der Waals surface area contributed by atoms with Gasteiger partial charge in [-0.2, -0.15) is 0 Å². The predicted molar refractivity (Wildman–Crippen MR) is 66.0 cm³/mol. The molecule has 0 fully saturated rings. The molecule has 0 aliphatic rings.